The number of thiocarbonyl (C=S) groups is 1. The van der Waals surface area contributed by atoms with Crippen LogP contribution in [0.15, 0.2) is 48.7 Å². The molecular weight excluding hydrogens is 435 g/mol. The van der Waals surface area contributed by atoms with E-state index in [0.29, 0.717) is 10.0 Å². The molecule has 4 nitrogen and oxygen atoms in total. The van der Waals surface area contributed by atoms with Gasteiger partial charge in [-0.15, -0.1) is 0 Å². The summed E-state index contributed by atoms with van der Waals surface area (Å²) in [7, 11) is 0. The van der Waals surface area contributed by atoms with Gasteiger partial charge in [0.05, 0.1) is 28.5 Å². The van der Waals surface area contributed by atoms with Gasteiger partial charge in [-0.2, -0.15) is 0 Å². The van der Waals surface area contributed by atoms with Crippen molar-refractivity contribution in [1.82, 2.24) is 19.8 Å². The predicted molar refractivity (Wildman–Crippen MR) is 128 cm³/mol. The molecule has 2 aromatic heterocycles. The highest BCUT2D eigenvalue weighted by atomic mass is 35.5. The summed E-state index contributed by atoms with van der Waals surface area (Å²) in [5.41, 5.74) is 5.37. The zero-order valence-corrected chi connectivity index (χ0v) is 19.5. The third-order valence-corrected chi connectivity index (χ3v) is 6.49. The molecule has 0 radical (unpaired) electrons. The molecule has 3 aromatic rings. The quantitative estimate of drug-likeness (QED) is 0.462. The van der Waals surface area contributed by atoms with Gasteiger partial charge in [-0.05, 0) is 74.4 Å². The van der Waals surface area contributed by atoms with E-state index in [-0.39, 0.29) is 12.1 Å². The van der Waals surface area contributed by atoms with E-state index in [9.17, 15) is 0 Å². The van der Waals surface area contributed by atoms with Crippen LogP contribution >= 0.6 is 35.4 Å². The Kier molecular flexibility index (Phi) is 6.05. The number of hydrogen-bond donors (Lipinski definition) is 1. The molecule has 0 spiro atoms. The molecule has 4 rings (SSSR count). The van der Waals surface area contributed by atoms with Gasteiger partial charge < -0.3 is 14.8 Å². The van der Waals surface area contributed by atoms with E-state index in [1.54, 1.807) is 6.07 Å². The van der Waals surface area contributed by atoms with Crippen molar-refractivity contribution >= 4 is 40.5 Å². The van der Waals surface area contributed by atoms with E-state index in [1.807, 2.05) is 30.5 Å². The first-order valence-electron chi connectivity index (χ1n) is 10.0. The molecule has 3 heterocycles. The van der Waals surface area contributed by atoms with Crippen LogP contribution < -0.4 is 5.32 Å². The lowest BCUT2D eigenvalue weighted by atomic mass is 9.96. The molecular formula is C23H24Cl2N4S. The van der Waals surface area contributed by atoms with E-state index in [4.69, 9.17) is 35.4 Å². The molecule has 1 aliphatic heterocycles. The molecule has 1 aromatic carbocycles. The summed E-state index contributed by atoms with van der Waals surface area (Å²) in [5.74, 6) is 0. The SMILES string of the molecule is CCCN1C(=S)N[C@H](c2ccccn2)[C@@H]1c1cc(C)n(-c2ccc(Cl)cc2Cl)c1C. The van der Waals surface area contributed by atoms with Gasteiger partial charge in [-0.25, -0.2) is 0 Å². The molecule has 1 aliphatic rings. The van der Waals surface area contributed by atoms with Crippen LogP contribution in [0.25, 0.3) is 5.69 Å². The zero-order chi connectivity index (χ0) is 21.4. The summed E-state index contributed by atoms with van der Waals surface area (Å²) in [6.45, 7) is 7.28. The van der Waals surface area contributed by atoms with Gasteiger partial charge in [-0.1, -0.05) is 36.2 Å². The number of nitrogens with one attached hydrogen (secondary N) is 1. The van der Waals surface area contributed by atoms with Crippen LogP contribution in [0.1, 0.15) is 48.1 Å². The number of rotatable bonds is 5. The smallest absolute Gasteiger partial charge is 0.170 e. The number of pyridine rings is 1. The second-order valence-corrected chi connectivity index (χ2v) is 8.81. The molecule has 0 aliphatic carbocycles. The van der Waals surface area contributed by atoms with Gasteiger partial charge in [0, 0.05) is 29.2 Å². The van der Waals surface area contributed by atoms with Crippen LogP contribution in [-0.2, 0) is 0 Å². The summed E-state index contributed by atoms with van der Waals surface area (Å²) in [6.07, 6.45) is 2.84. The van der Waals surface area contributed by atoms with Crippen molar-refractivity contribution in [2.24, 2.45) is 0 Å². The van der Waals surface area contributed by atoms with Crippen molar-refractivity contribution in [1.29, 1.82) is 0 Å². The molecule has 1 saturated heterocycles. The molecule has 7 heteroatoms. The van der Waals surface area contributed by atoms with E-state index < -0.39 is 0 Å². The average molecular weight is 459 g/mol. The van der Waals surface area contributed by atoms with Crippen molar-refractivity contribution < 1.29 is 0 Å². The summed E-state index contributed by atoms with van der Waals surface area (Å²) < 4.78 is 2.19. The summed E-state index contributed by atoms with van der Waals surface area (Å²) in [4.78, 5) is 6.90. The Hall–Kier alpha value is -2.08. The maximum Gasteiger partial charge on any atom is 0.170 e. The minimum absolute atomic E-state index is 0.0140. The van der Waals surface area contributed by atoms with Gasteiger partial charge in [-0.3, -0.25) is 4.98 Å². The largest absolute Gasteiger partial charge is 0.352 e. The van der Waals surface area contributed by atoms with Gasteiger partial charge >= 0.3 is 0 Å². The second kappa shape index (κ2) is 8.58. The van der Waals surface area contributed by atoms with Crippen molar-refractivity contribution in [3.05, 3.63) is 81.4 Å². The first-order valence-corrected chi connectivity index (χ1v) is 11.2. The van der Waals surface area contributed by atoms with Gasteiger partial charge in [0.1, 0.15) is 0 Å². The first-order chi connectivity index (χ1) is 14.4. The maximum atomic E-state index is 6.54. The molecule has 0 saturated carbocycles. The lowest BCUT2D eigenvalue weighted by Crippen LogP contribution is -2.30. The van der Waals surface area contributed by atoms with Crippen LogP contribution in [-0.4, -0.2) is 26.1 Å². The molecule has 1 fully saturated rings. The van der Waals surface area contributed by atoms with Crippen molar-refractivity contribution in [3.8, 4) is 5.69 Å². The Labute approximate surface area is 192 Å². The Morgan fingerprint density at radius 3 is 2.60 bits per heavy atom. The maximum absolute atomic E-state index is 6.54. The Bertz CT molecular complexity index is 1080. The fourth-order valence-corrected chi connectivity index (χ4v) is 5.17. The molecule has 156 valence electrons. The minimum atomic E-state index is -0.0140. The molecule has 2 atom stereocenters. The number of halogens is 2. The summed E-state index contributed by atoms with van der Waals surface area (Å²) in [6, 6.07) is 13.9. The highest BCUT2D eigenvalue weighted by Gasteiger charge is 2.41. The first kappa shape index (κ1) is 21.2. The van der Waals surface area contributed by atoms with Crippen LogP contribution in [0.5, 0.6) is 0 Å². The predicted octanol–water partition coefficient (Wildman–Crippen LogP) is 6.18. The number of aromatic nitrogens is 2. The Balaban J connectivity index is 1.85. The molecule has 0 bridgehead atoms. The molecule has 0 amide bonds. The summed E-state index contributed by atoms with van der Waals surface area (Å²) in [5, 5.41) is 5.53. The van der Waals surface area contributed by atoms with Gasteiger partial charge in [0.2, 0.25) is 0 Å². The van der Waals surface area contributed by atoms with Crippen molar-refractivity contribution in [2.45, 2.75) is 39.3 Å². The minimum Gasteiger partial charge on any atom is -0.352 e. The van der Waals surface area contributed by atoms with Crippen LogP contribution in [0.4, 0.5) is 0 Å². The third kappa shape index (κ3) is 3.70. The van der Waals surface area contributed by atoms with Gasteiger partial charge in [0.25, 0.3) is 0 Å². The van der Waals surface area contributed by atoms with Gasteiger partial charge in [0.15, 0.2) is 5.11 Å². The fraction of sp³-hybridized carbons (Fsp3) is 0.304. The monoisotopic (exact) mass is 458 g/mol. The van der Waals surface area contributed by atoms with E-state index in [1.165, 1.54) is 5.56 Å². The summed E-state index contributed by atoms with van der Waals surface area (Å²) >= 11 is 18.4. The number of hydrogen-bond acceptors (Lipinski definition) is 2. The van der Waals surface area contributed by atoms with E-state index >= 15 is 0 Å². The van der Waals surface area contributed by atoms with Crippen LogP contribution in [0, 0.1) is 13.8 Å². The number of benzene rings is 1. The van der Waals surface area contributed by atoms with Crippen molar-refractivity contribution in [2.75, 3.05) is 6.54 Å². The molecule has 1 N–H and O–H groups in total. The molecule has 30 heavy (non-hydrogen) atoms. The highest BCUT2D eigenvalue weighted by molar-refractivity contribution is 7.80. The lowest BCUT2D eigenvalue weighted by molar-refractivity contribution is 0.316. The zero-order valence-electron chi connectivity index (χ0n) is 17.2. The average Bonchev–Trinajstić information content (AvgIpc) is 3.19. The Morgan fingerprint density at radius 1 is 1.13 bits per heavy atom. The fourth-order valence-electron chi connectivity index (χ4n) is 4.35. The van der Waals surface area contributed by atoms with E-state index in [2.05, 4.69) is 52.7 Å². The van der Waals surface area contributed by atoms with Crippen molar-refractivity contribution in [3.63, 3.8) is 0 Å². The Morgan fingerprint density at radius 2 is 1.93 bits per heavy atom. The topological polar surface area (TPSA) is 33.1 Å². The second-order valence-electron chi connectivity index (χ2n) is 7.58. The van der Waals surface area contributed by atoms with E-state index in [0.717, 1.165) is 40.8 Å². The highest BCUT2D eigenvalue weighted by Crippen LogP contribution is 2.42. The third-order valence-electron chi connectivity index (χ3n) is 5.60. The van der Waals surface area contributed by atoms with Crippen LogP contribution in [0.2, 0.25) is 10.0 Å². The number of nitrogens with zero attached hydrogens (tertiary/aromatic N) is 3. The normalized spacial score (nSPS) is 18.7. The lowest BCUT2D eigenvalue weighted by Gasteiger charge is -2.27. The standard InChI is InChI=1S/C23H24Cl2N4S/c1-4-11-28-22(21(27-23(28)30)19-7-5-6-10-26-19)17-12-14(2)29(15(17)3)20-9-8-16(24)13-18(20)25/h5-10,12-13,21-22H,4,11H2,1-3H3,(H,27,30)/t21-,22+/m1/s1. The molecule has 0 unspecified atom stereocenters. The van der Waals surface area contributed by atoms with Crippen LogP contribution in [0.3, 0.4) is 0 Å². The number of aryl methyl sites for hydroxylation is 1.